The highest BCUT2D eigenvalue weighted by atomic mass is 32.1. The van der Waals surface area contributed by atoms with Crippen molar-refractivity contribution in [2.75, 3.05) is 11.5 Å². The molecule has 6 nitrogen and oxygen atoms in total. The number of unbranched alkanes of at least 4 members (excludes halogenated alkanes) is 2. The highest BCUT2D eigenvalue weighted by Gasteiger charge is 2.32. The molecule has 0 spiro atoms. The van der Waals surface area contributed by atoms with Crippen molar-refractivity contribution in [1.29, 1.82) is 0 Å². The first-order chi connectivity index (χ1) is 15.9. The van der Waals surface area contributed by atoms with Crippen molar-refractivity contribution in [3.05, 3.63) is 51.7 Å². The Morgan fingerprint density at radius 3 is 2.64 bits per heavy atom. The van der Waals surface area contributed by atoms with Crippen LogP contribution in [0, 0.1) is 0 Å². The molecule has 3 rings (SSSR count). The highest BCUT2D eigenvalue weighted by Crippen LogP contribution is 2.29. The molecular weight excluding hydrogens is 438 g/mol. The van der Waals surface area contributed by atoms with Crippen LogP contribution < -0.4 is 4.90 Å². The molecule has 1 saturated heterocycles. The van der Waals surface area contributed by atoms with Crippen molar-refractivity contribution < 1.29 is 24.2 Å². The predicted octanol–water partition coefficient (Wildman–Crippen LogP) is 5.64. The molecule has 2 heterocycles. The van der Waals surface area contributed by atoms with Crippen LogP contribution in [0.15, 0.2) is 36.4 Å². The maximum atomic E-state index is 12.5. The molecule has 0 aliphatic carbocycles. The molecule has 2 aromatic rings. The van der Waals surface area contributed by atoms with E-state index in [0.29, 0.717) is 24.5 Å². The summed E-state index contributed by atoms with van der Waals surface area (Å²) in [5.74, 6) is -0.220. The summed E-state index contributed by atoms with van der Waals surface area (Å²) in [6.07, 6.45) is 4.64. The first-order valence-corrected chi connectivity index (χ1v) is 12.7. The standard InChI is InChI=1S/C26H35NO5S/c1-4-5-6-7-23(28)19-8-10-20(11-9-19)27-21(12-15-25(27)29)16-31-17-22-13-14-24(33-22)26(30)32-18(2)3/h8-11,13-14,18,21,23,28H,4-7,12,15-17H2,1-3H3/t21-,23?/m1/s1. The number of carbonyl (C=O) groups excluding carboxylic acids is 2. The molecule has 1 amide bonds. The summed E-state index contributed by atoms with van der Waals surface area (Å²) in [4.78, 5) is 27.9. The highest BCUT2D eigenvalue weighted by molar-refractivity contribution is 7.13. The fraction of sp³-hybridized carbons (Fsp3) is 0.538. The number of hydrogen-bond donors (Lipinski definition) is 1. The zero-order valence-corrected chi connectivity index (χ0v) is 20.6. The Morgan fingerprint density at radius 1 is 1.18 bits per heavy atom. The van der Waals surface area contributed by atoms with Crippen molar-refractivity contribution in [2.24, 2.45) is 0 Å². The minimum atomic E-state index is -0.465. The fourth-order valence-electron chi connectivity index (χ4n) is 4.00. The van der Waals surface area contributed by atoms with Crippen LogP contribution in [0.2, 0.25) is 0 Å². The molecule has 0 saturated carbocycles. The predicted molar refractivity (Wildman–Crippen MR) is 131 cm³/mol. The van der Waals surface area contributed by atoms with E-state index < -0.39 is 6.10 Å². The number of benzene rings is 1. The van der Waals surface area contributed by atoms with Crippen molar-refractivity contribution in [3.63, 3.8) is 0 Å². The van der Waals surface area contributed by atoms with Crippen LogP contribution in [0.5, 0.6) is 0 Å². The Labute approximate surface area is 200 Å². The number of anilines is 1. The van der Waals surface area contributed by atoms with E-state index in [1.54, 1.807) is 6.07 Å². The summed E-state index contributed by atoms with van der Waals surface area (Å²) in [7, 11) is 0. The lowest BCUT2D eigenvalue weighted by atomic mass is 10.0. The Morgan fingerprint density at radius 2 is 1.94 bits per heavy atom. The van der Waals surface area contributed by atoms with Gasteiger partial charge in [-0.05, 0) is 56.5 Å². The normalized spacial score (nSPS) is 17.1. The molecule has 1 aromatic heterocycles. The maximum Gasteiger partial charge on any atom is 0.348 e. The third-order valence-corrected chi connectivity index (χ3v) is 6.76. The van der Waals surface area contributed by atoms with Crippen LogP contribution in [0.25, 0.3) is 0 Å². The minimum Gasteiger partial charge on any atom is -0.459 e. The first-order valence-electron chi connectivity index (χ1n) is 11.9. The lowest BCUT2D eigenvalue weighted by molar-refractivity contribution is -0.117. The molecule has 1 aliphatic rings. The minimum absolute atomic E-state index is 0.0248. The number of carbonyl (C=O) groups is 2. The second-order valence-electron chi connectivity index (χ2n) is 8.79. The Hall–Kier alpha value is -2.22. The zero-order chi connectivity index (χ0) is 23.8. The first kappa shape index (κ1) is 25.4. The Bertz CT molecular complexity index is 908. The molecule has 1 unspecified atom stereocenters. The van der Waals surface area contributed by atoms with Crippen LogP contribution in [0.3, 0.4) is 0 Å². The SMILES string of the molecule is CCCCCC(O)c1ccc(N2C(=O)CC[C@@H]2COCc2ccc(C(=O)OC(C)C)s2)cc1. The number of nitrogens with zero attached hydrogens (tertiary/aromatic N) is 1. The van der Waals surface area contributed by atoms with Gasteiger partial charge in [0.25, 0.3) is 0 Å². The van der Waals surface area contributed by atoms with Gasteiger partial charge in [0, 0.05) is 17.0 Å². The number of ether oxygens (including phenoxy) is 2. The van der Waals surface area contributed by atoms with Crippen molar-refractivity contribution in [3.8, 4) is 0 Å². The number of thiophene rings is 1. The number of aliphatic hydroxyl groups is 1. The van der Waals surface area contributed by atoms with E-state index in [4.69, 9.17) is 9.47 Å². The van der Waals surface area contributed by atoms with E-state index >= 15 is 0 Å². The summed E-state index contributed by atoms with van der Waals surface area (Å²) in [5.41, 5.74) is 1.73. The van der Waals surface area contributed by atoms with Gasteiger partial charge >= 0.3 is 5.97 Å². The van der Waals surface area contributed by atoms with E-state index in [9.17, 15) is 14.7 Å². The van der Waals surface area contributed by atoms with E-state index in [1.165, 1.54) is 11.3 Å². The van der Waals surface area contributed by atoms with Gasteiger partial charge in [0.2, 0.25) is 5.91 Å². The summed E-state index contributed by atoms with van der Waals surface area (Å²) >= 11 is 1.37. The van der Waals surface area contributed by atoms with Gasteiger partial charge < -0.3 is 19.5 Å². The van der Waals surface area contributed by atoms with Crippen molar-refractivity contribution >= 4 is 28.9 Å². The molecule has 0 bridgehead atoms. The third-order valence-electron chi connectivity index (χ3n) is 5.72. The smallest absolute Gasteiger partial charge is 0.348 e. The number of aliphatic hydroxyl groups excluding tert-OH is 1. The average Bonchev–Trinajstić information content (AvgIpc) is 3.40. The fourth-order valence-corrected chi connectivity index (χ4v) is 4.83. The molecule has 1 N–H and O–H groups in total. The molecule has 0 radical (unpaired) electrons. The Kier molecular flexibility index (Phi) is 9.47. The van der Waals surface area contributed by atoms with Crippen LogP contribution in [0.1, 0.15) is 85.5 Å². The summed E-state index contributed by atoms with van der Waals surface area (Å²) in [6.45, 7) is 6.62. The second-order valence-corrected chi connectivity index (χ2v) is 9.96. The van der Waals surface area contributed by atoms with Gasteiger partial charge in [-0.1, -0.05) is 38.3 Å². The molecule has 1 aliphatic heterocycles. The van der Waals surface area contributed by atoms with Crippen LogP contribution in [0.4, 0.5) is 5.69 Å². The molecule has 180 valence electrons. The van der Waals surface area contributed by atoms with E-state index in [1.807, 2.05) is 49.1 Å². The molecular formula is C26H35NO5S. The monoisotopic (exact) mass is 473 g/mol. The molecule has 7 heteroatoms. The third kappa shape index (κ3) is 7.13. The Balaban J connectivity index is 1.54. The summed E-state index contributed by atoms with van der Waals surface area (Å²) in [6, 6.07) is 11.3. The van der Waals surface area contributed by atoms with Gasteiger partial charge in [0.15, 0.2) is 0 Å². The van der Waals surface area contributed by atoms with Crippen LogP contribution >= 0.6 is 11.3 Å². The second kappa shape index (κ2) is 12.3. The van der Waals surface area contributed by atoms with Crippen molar-refractivity contribution in [2.45, 2.75) is 84.2 Å². The summed E-state index contributed by atoms with van der Waals surface area (Å²) in [5, 5.41) is 10.4. The van der Waals surface area contributed by atoms with Gasteiger partial charge in [-0.3, -0.25) is 4.79 Å². The lowest BCUT2D eigenvalue weighted by Crippen LogP contribution is -2.36. The van der Waals surface area contributed by atoms with Gasteiger partial charge in [0.1, 0.15) is 4.88 Å². The maximum absolute atomic E-state index is 12.5. The lowest BCUT2D eigenvalue weighted by Gasteiger charge is -2.25. The average molecular weight is 474 g/mol. The van der Waals surface area contributed by atoms with E-state index in [-0.39, 0.29) is 24.0 Å². The molecule has 1 fully saturated rings. The van der Waals surface area contributed by atoms with E-state index in [2.05, 4.69) is 6.92 Å². The quantitative estimate of drug-likeness (QED) is 0.319. The summed E-state index contributed by atoms with van der Waals surface area (Å²) < 4.78 is 11.1. The van der Waals surface area contributed by atoms with E-state index in [0.717, 1.165) is 48.2 Å². The number of rotatable bonds is 12. The number of amides is 1. The van der Waals surface area contributed by atoms with Crippen LogP contribution in [-0.2, 0) is 20.9 Å². The van der Waals surface area contributed by atoms with Crippen molar-refractivity contribution in [1.82, 2.24) is 0 Å². The number of hydrogen-bond acceptors (Lipinski definition) is 6. The van der Waals surface area contributed by atoms with Gasteiger partial charge in [-0.25, -0.2) is 4.79 Å². The van der Waals surface area contributed by atoms with Gasteiger partial charge in [-0.15, -0.1) is 11.3 Å². The van der Waals surface area contributed by atoms with Gasteiger partial charge in [0.05, 0.1) is 31.5 Å². The largest absolute Gasteiger partial charge is 0.459 e. The van der Waals surface area contributed by atoms with Gasteiger partial charge in [-0.2, -0.15) is 0 Å². The van der Waals surface area contributed by atoms with Crippen LogP contribution in [-0.4, -0.2) is 35.7 Å². The molecule has 2 atom stereocenters. The number of esters is 1. The zero-order valence-electron chi connectivity index (χ0n) is 19.8. The topological polar surface area (TPSA) is 76.1 Å². The molecule has 33 heavy (non-hydrogen) atoms. The molecule has 1 aromatic carbocycles.